The van der Waals surface area contributed by atoms with Gasteiger partial charge in [0.05, 0.1) is 7.11 Å². The Balaban J connectivity index is 1.42. The Labute approximate surface area is 161 Å². The van der Waals surface area contributed by atoms with Gasteiger partial charge in [-0.3, -0.25) is 4.90 Å². The largest absolute Gasteiger partial charge is 0.497 e. The van der Waals surface area contributed by atoms with E-state index in [4.69, 9.17) is 4.74 Å². The van der Waals surface area contributed by atoms with Crippen molar-refractivity contribution in [2.24, 2.45) is 0 Å². The van der Waals surface area contributed by atoms with Gasteiger partial charge in [-0.25, -0.2) is 4.79 Å². The van der Waals surface area contributed by atoms with E-state index in [1.165, 1.54) is 5.56 Å². The average molecular weight is 367 g/mol. The number of nitrogens with one attached hydrogen (secondary N) is 1. The summed E-state index contributed by atoms with van der Waals surface area (Å²) in [6.45, 7) is 6.20. The number of nitrogens with zero attached hydrogens (tertiary/aromatic N) is 2. The SMILES string of the molecule is COc1cccc(CCNC(=O)N2CCN(C(C)c3ccccc3)CC2)c1. The Morgan fingerprint density at radius 2 is 1.81 bits per heavy atom. The van der Waals surface area contributed by atoms with Gasteiger partial charge in [0.25, 0.3) is 0 Å². The number of carbonyl (C=O) groups is 1. The summed E-state index contributed by atoms with van der Waals surface area (Å²) in [4.78, 5) is 16.8. The molecule has 1 N–H and O–H groups in total. The second kappa shape index (κ2) is 9.42. The third-order valence-electron chi connectivity index (χ3n) is 5.26. The molecule has 0 spiro atoms. The lowest BCUT2D eigenvalue weighted by Crippen LogP contribution is -2.52. The summed E-state index contributed by atoms with van der Waals surface area (Å²) in [5.41, 5.74) is 2.49. The normalized spacial score (nSPS) is 16.0. The summed E-state index contributed by atoms with van der Waals surface area (Å²) in [5.74, 6) is 0.850. The zero-order valence-electron chi connectivity index (χ0n) is 16.2. The van der Waals surface area contributed by atoms with Gasteiger partial charge in [-0.05, 0) is 36.6 Å². The van der Waals surface area contributed by atoms with Crippen LogP contribution in [0.5, 0.6) is 5.75 Å². The Hall–Kier alpha value is -2.53. The zero-order valence-corrected chi connectivity index (χ0v) is 16.2. The minimum atomic E-state index is 0.0323. The topological polar surface area (TPSA) is 44.8 Å². The van der Waals surface area contributed by atoms with Crippen molar-refractivity contribution in [3.05, 3.63) is 65.7 Å². The molecule has 1 unspecified atom stereocenters. The predicted octanol–water partition coefficient (Wildman–Crippen LogP) is 3.33. The molecule has 0 aliphatic carbocycles. The number of rotatable bonds is 6. The molecule has 27 heavy (non-hydrogen) atoms. The van der Waals surface area contributed by atoms with Crippen LogP contribution in [0.4, 0.5) is 4.79 Å². The van der Waals surface area contributed by atoms with Crippen molar-refractivity contribution in [1.82, 2.24) is 15.1 Å². The molecule has 1 aliphatic rings. The van der Waals surface area contributed by atoms with Crippen LogP contribution in [-0.2, 0) is 6.42 Å². The number of ether oxygens (including phenoxy) is 1. The molecule has 2 aromatic carbocycles. The number of carbonyl (C=O) groups excluding carboxylic acids is 1. The third-order valence-corrected chi connectivity index (χ3v) is 5.26. The molecule has 0 radical (unpaired) electrons. The first kappa shape index (κ1) is 19.2. The van der Waals surface area contributed by atoms with Crippen LogP contribution < -0.4 is 10.1 Å². The van der Waals surface area contributed by atoms with Gasteiger partial charge in [0, 0.05) is 38.8 Å². The van der Waals surface area contributed by atoms with Gasteiger partial charge in [-0.2, -0.15) is 0 Å². The first-order valence-corrected chi connectivity index (χ1v) is 9.62. The van der Waals surface area contributed by atoms with Crippen molar-refractivity contribution < 1.29 is 9.53 Å². The number of hydrogen-bond donors (Lipinski definition) is 1. The first-order chi connectivity index (χ1) is 13.2. The van der Waals surface area contributed by atoms with Crippen LogP contribution in [-0.4, -0.2) is 55.7 Å². The number of urea groups is 1. The molecule has 1 saturated heterocycles. The van der Waals surface area contributed by atoms with E-state index in [0.717, 1.165) is 43.9 Å². The Morgan fingerprint density at radius 1 is 1.07 bits per heavy atom. The predicted molar refractivity (Wildman–Crippen MR) is 108 cm³/mol. The van der Waals surface area contributed by atoms with Crippen LogP contribution in [0.25, 0.3) is 0 Å². The van der Waals surface area contributed by atoms with Crippen LogP contribution in [0.3, 0.4) is 0 Å². The second-order valence-electron chi connectivity index (χ2n) is 6.94. The van der Waals surface area contributed by atoms with E-state index in [1.807, 2.05) is 29.2 Å². The van der Waals surface area contributed by atoms with Gasteiger partial charge in [0.15, 0.2) is 0 Å². The molecule has 0 bridgehead atoms. The number of amides is 2. The molecule has 0 saturated carbocycles. The number of piperazine rings is 1. The van der Waals surface area contributed by atoms with Crippen molar-refractivity contribution in [3.63, 3.8) is 0 Å². The lowest BCUT2D eigenvalue weighted by Gasteiger charge is -2.38. The highest BCUT2D eigenvalue weighted by atomic mass is 16.5. The summed E-state index contributed by atoms with van der Waals surface area (Å²) in [5, 5.41) is 3.04. The summed E-state index contributed by atoms with van der Waals surface area (Å²) in [7, 11) is 1.67. The second-order valence-corrected chi connectivity index (χ2v) is 6.94. The zero-order chi connectivity index (χ0) is 19.1. The maximum atomic E-state index is 12.4. The van der Waals surface area contributed by atoms with E-state index in [2.05, 4.69) is 47.5 Å². The average Bonchev–Trinajstić information content (AvgIpc) is 2.74. The van der Waals surface area contributed by atoms with E-state index in [-0.39, 0.29) is 6.03 Å². The van der Waals surface area contributed by atoms with E-state index < -0.39 is 0 Å². The quantitative estimate of drug-likeness (QED) is 0.852. The molecule has 3 rings (SSSR count). The van der Waals surface area contributed by atoms with Crippen LogP contribution in [0.1, 0.15) is 24.1 Å². The minimum absolute atomic E-state index is 0.0323. The maximum Gasteiger partial charge on any atom is 0.317 e. The monoisotopic (exact) mass is 367 g/mol. The maximum absolute atomic E-state index is 12.4. The van der Waals surface area contributed by atoms with Crippen molar-refractivity contribution in [2.45, 2.75) is 19.4 Å². The van der Waals surface area contributed by atoms with Crippen LogP contribution >= 0.6 is 0 Å². The molecule has 1 fully saturated rings. The van der Waals surface area contributed by atoms with E-state index in [1.54, 1.807) is 7.11 Å². The fourth-order valence-electron chi connectivity index (χ4n) is 3.51. The highest BCUT2D eigenvalue weighted by molar-refractivity contribution is 5.74. The number of hydrogen-bond acceptors (Lipinski definition) is 3. The van der Waals surface area contributed by atoms with Crippen molar-refractivity contribution in [3.8, 4) is 5.75 Å². The van der Waals surface area contributed by atoms with Gasteiger partial charge < -0.3 is 15.0 Å². The Kier molecular flexibility index (Phi) is 6.71. The fourth-order valence-corrected chi connectivity index (χ4v) is 3.51. The molecule has 2 amide bonds. The molecule has 144 valence electrons. The number of methoxy groups -OCH3 is 1. The molecule has 5 heteroatoms. The van der Waals surface area contributed by atoms with Gasteiger partial charge >= 0.3 is 6.03 Å². The molecule has 1 aliphatic heterocycles. The minimum Gasteiger partial charge on any atom is -0.497 e. The van der Waals surface area contributed by atoms with Gasteiger partial charge in [0.2, 0.25) is 0 Å². The Bertz CT molecular complexity index is 727. The summed E-state index contributed by atoms with van der Waals surface area (Å²) >= 11 is 0. The molecule has 1 heterocycles. The van der Waals surface area contributed by atoms with Gasteiger partial charge in [-0.15, -0.1) is 0 Å². The molecular weight excluding hydrogens is 338 g/mol. The van der Waals surface area contributed by atoms with Crippen LogP contribution in [0, 0.1) is 0 Å². The summed E-state index contributed by atoms with van der Waals surface area (Å²) < 4.78 is 5.24. The van der Waals surface area contributed by atoms with Crippen molar-refractivity contribution >= 4 is 6.03 Å². The van der Waals surface area contributed by atoms with E-state index in [9.17, 15) is 4.79 Å². The first-order valence-electron chi connectivity index (χ1n) is 9.62. The standard InChI is InChI=1S/C22H29N3O2/c1-18(20-8-4-3-5-9-20)24-13-15-25(16-14-24)22(26)23-12-11-19-7-6-10-21(17-19)27-2/h3-10,17-18H,11-16H2,1-2H3,(H,23,26). The third kappa shape index (κ3) is 5.23. The van der Waals surface area contributed by atoms with Crippen molar-refractivity contribution in [2.75, 3.05) is 39.8 Å². The molecule has 5 nitrogen and oxygen atoms in total. The lowest BCUT2D eigenvalue weighted by molar-refractivity contribution is 0.114. The van der Waals surface area contributed by atoms with Gasteiger partial charge in [0.1, 0.15) is 5.75 Å². The van der Waals surface area contributed by atoms with Gasteiger partial charge in [-0.1, -0.05) is 42.5 Å². The molecule has 2 aromatic rings. The Morgan fingerprint density at radius 3 is 2.52 bits per heavy atom. The van der Waals surface area contributed by atoms with Crippen LogP contribution in [0.2, 0.25) is 0 Å². The summed E-state index contributed by atoms with van der Waals surface area (Å²) in [6, 6.07) is 18.9. The van der Waals surface area contributed by atoms with E-state index >= 15 is 0 Å². The number of benzene rings is 2. The van der Waals surface area contributed by atoms with E-state index in [0.29, 0.717) is 12.6 Å². The molecule has 1 atom stereocenters. The fraction of sp³-hybridized carbons (Fsp3) is 0.409. The summed E-state index contributed by atoms with van der Waals surface area (Å²) in [6.07, 6.45) is 0.800. The smallest absolute Gasteiger partial charge is 0.317 e. The molecular formula is C22H29N3O2. The molecule has 0 aromatic heterocycles. The highest BCUT2D eigenvalue weighted by Gasteiger charge is 2.24. The van der Waals surface area contributed by atoms with Crippen LogP contribution in [0.15, 0.2) is 54.6 Å². The van der Waals surface area contributed by atoms with Crippen molar-refractivity contribution in [1.29, 1.82) is 0 Å². The highest BCUT2D eigenvalue weighted by Crippen LogP contribution is 2.21. The lowest BCUT2D eigenvalue weighted by atomic mass is 10.1.